The summed E-state index contributed by atoms with van der Waals surface area (Å²) in [5, 5.41) is 7.02. The fraction of sp³-hybridized carbons (Fsp3) is 0.696. The molecule has 2 aliphatic heterocycles. The molecule has 0 bridgehead atoms. The second-order valence-electron chi connectivity index (χ2n) is 8.86. The lowest BCUT2D eigenvalue weighted by Crippen LogP contribution is -2.49. The molecule has 7 nitrogen and oxygen atoms in total. The molecule has 0 radical (unpaired) electrons. The van der Waals surface area contributed by atoms with Gasteiger partial charge in [-0.15, -0.1) is 24.0 Å². The Hall–Kier alpha value is -0.910. The van der Waals surface area contributed by atoms with Crippen molar-refractivity contribution in [2.45, 2.75) is 51.2 Å². The van der Waals surface area contributed by atoms with Crippen molar-refractivity contribution in [3.63, 3.8) is 0 Å². The van der Waals surface area contributed by atoms with Crippen LogP contribution in [0.25, 0.3) is 0 Å². The van der Waals surface area contributed by atoms with Gasteiger partial charge >= 0.3 is 0 Å². The Morgan fingerprint density at radius 1 is 1.12 bits per heavy atom. The minimum absolute atomic E-state index is 0. The number of rotatable bonds is 9. The van der Waals surface area contributed by atoms with Gasteiger partial charge in [-0.1, -0.05) is 30.3 Å². The minimum atomic E-state index is -2.89. The van der Waals surface area contributed by atoms with Gasteiger partial charge in [-0.3, -0.25) is 9.89 Å². The smallest absolute Gasteiger partial charge is 0.191 e. The van der Waals surface area contributed by atoms with Crippen molar-refractivity contribution in [1.29, 1.82) is 0 Å². The number of nitrogens with one attached hydrogen (secondary N) is 2. The van der Waals surface area contributed by atoms with E-state index in [1.807, 2.05) is 0 Å². The van der Waals surface area contributed by atoms with Crippen molar-refractivity contribution in [1.82, 2.24) is 20.4 Å². The first-order valence-electron chi connectivity index (χ1n) is 11.7. The molecule has 0 amide bonds. The minimum Gasteiger partial charge on any atom is -0.357 e. The number of piperidine rings is 1. The number of guanidine groups is 1. The van der Waals surface area contributed by atoms with E-state index in [1.54, 1.807) is 0 Å². The fourth-order valence-corrected chi connectivity index (χ4v) is 5.02. The van der Waals surface area contributed by atoms with Crippen molar-refractivity contribution in [3.05, 3.63) is 35.9 Å². The normalized spacial score (nSPS) is 21.3. The maximum absolute atomic E-state index is 11.4. The highest BCUT2D eigenvalue weighted by molar-refractivity contribution is 14.0. The van der Waals surface area contributed by atoms with E-state index >= 15 is 0 Å². The van der Waals surface area contributed by atoms with E-state index in [2.05, 4.69) is 57.7 Å². The zero-order valence-corrected chi connectivity index (χ0v) is 22.6. The maximum atomic E-state index is 11.4. The van der Waals surface area contributed by atoms with Crippen LogP contribution in [0.4, 0.5) is 0 Å². The first-order chi connectivity index (χ1) is 14.9. The second kappa shape index (κ2) is 13.7. The number of benzene rings is 1. The molecule has 2 aliphatic rings. The Morgan fingerprint density at radius 2 is 1.84 bits per heavy atom. The summed E-state index contributed by atoms with van der Waals surface area (Å²) >= 11 is 0. The van der Waals surface area contributed by atoms with E-state index in [-0.39, 0.29) is 29.7 Å². The molecule has 1 atom stereocenters. The SMILES string of the molecule is CCNC(=NCC1CCCN1Cc1ccccc1)NC1CCN(CCS(C)(=O)=O)CC1.I. The number of sulfone groups is 1. The summed E-state index contributed by atoms with van der Waals surface area (Å²) < 4.78 is 22.8. The second-order valence-corrected chi connectivity index (χ2v) is 11.1. The van der Waals surface area contributed by atoms with Crippen LogP contribution in [0.15, 0.2) is 35.3 Å². The zero-order valence-electron chi connectivity index (χ0n) is 19.5. The fourth-order valence-electron chi connectivity index (χ4n) is 4.43. The summed E-state index contributed by atoms with van der Waals surface area (Å²) in [6.07, 6.45) is 5.78. The van der Waals surface area contributed by atoms with Gasteiger partial charge in [0.25, 0.3) is 0 Å². The third kappa shape index (κ3) is 9.52. The van der Waals surface area contributed by atoms with Gasteiger partial charge in [0, 0.05) is 51.1 Å². The molecule has 1 aromatic rings. The van der Waals surface area contributed by atoms with Crippen LogP contribution in [0, 0.1) is 0 Å². The molecule has 2 saturated heterocycles. The number of nitrogens with zero attached hydrogens (tertiary/aromatic N) is 3. The first kappa shape index (κ1) is 27.3. The van der Waals surface area contributed by atoms with E-state index in [4.69, 9.17) is 4.99 Å². The quantitative estimate of drug-likeness (QED) is 0.267. The molecule has 32 heavy (non-hydrogen) atoms. The van der Waals surface area contributed by atoms with Crippen LogP contribution in [0.1, 0.15) is 38.2 Å². The topological polar surface area (TPSA) is 77.0 Å². The largest absolute Gasteiger partial charge is 0.357 e. The molecular weight excluding hydrogens is 537 g/mol. The molecule has 0 aromatic heterocycles. The lowest BCUT2D eigenvalue weighted by molar-refractivity contribution is 0.216. The number of likely N-dealkylation sites (tertiary alicyclic amines) is 2. The van der Waals surface area contributed by atoms with Crippen molar-refractivity contribution < 1.29 is 8.42 Å². The summed E-state index contributed by atoms with van der Waals surface area (Å²) in [5.41, 5.74) is 1.37. The number of aliphatic imine (C=N–C) groups is 1. The molecule has 1 aromatic carbocycles. The van der Waals surface area contributed by atoms with Gasteiger partial charge in [-0.05, 0) is 44.7 Å². The highest BCUT2D eigenvalue weighted by Gasteiger charge is 2.25. The van der Waals surface area contributed by atoms with E-state index in [1.165, 1.54) is 24.7 Å². The van der Waals surface area contributed by atoms with Gasteiger partial charge in [-0.2, -0.15) is 0 Å². The molecule has 0 saturated carbocycles. The summed E-state index contributed by atoms with van der Waals surface area (Å²) in [6.45, 7) is 8.40. The van der Waals surface area contributed by atoms with Crippen LogP contribution in [-0.4, -0.2) is 87.5 Å². The Labute approximate surface area is 211 Å². The molecule has 1 unspecified atom stereocenters. The van der Waals surface area contributed by atoms with Gasteiger partial charge in [0.05, 0.1) is 12.3 Å². The van der Waals surface area contributed by atoms with Crippen LogP contribution >= 0.6 is 24.0 Å². The Kier molecular flexibility index (Phi) is 11.7. The first-order valence-corrected chi connectivity index (χ1v) is 13.7. The molecule has 2 N–H and O–H groups in total. The van der Waals surface area contributed by atoms with Gasteiger partial charge in [0.15, 0.2) is 5.96 Å². The number of hydrogen-bond donors (Lipinski definition) is 2. The standard InChI is InChI=1S/C23H39N5O2S.HI/c1-3-24-23(26-21-11-14-27(15-12-21)16-17-31(2,29)30)25-18-22-10-7-13-28(22)19-20-8-5-4-6-9-20;/h4-6,8-9,21-22H,3,7,10-19H2,1-2H3,(H2,24,25,26);1H. The molecule has 182 valence electrons. The van der Waals surface area contributed by atoms with Crippen LogP contribution in [0.5, 0.6) is 0 Å². The Bertz CT molecular complexity index is 798. The van der Waals surface area contributed by atoms with Crippen LogP contribution in [-0.2, 0) is 16.4 Å². The lowest BCUT2D eigenvalue weighted by Gasteiger charge is -2.33. The van der Waals surface area contributed by atoms with Gasteiger partial charge < -0.3 is 15.5 Å². The predicted octanol–water partition coefficient (Wildman–Crippen LogP) is 2.33. The highest BCUT2D eigenvalue weighted by atomic mass is 127. The van der Waals surface area contributed by atoms with Gasteiger partial charge in [-0.25, -0.2) is 8.42 Å². The Balaban J connectivity index is 0.00000363. The van der Waals surface area contributed by atoms with Crippen molar-refractivity contribution in [3.8, 4) is 0 Å². The number of hydrogen-bond acceptors (Lipinski definition) is 5. The monoisotopic (exact) mass is 577 g/mol. The molecule has 2 fully saturated rings. The van der Waals surface area contributed by atoms with Gasteiger partial charge in [0.1, 0.15) is 9.84 Å². The van der Waals surface area contributed by atoms with Crippen LogP contribution in [0.2, 0.25) is 0 Å². The highest BCUT2D eigenvalue weighted by Crippen LogP contribution is 2.20. The summed E-state index contributed by atoms with van der Waals surface area (Å²) in [4.78, 5) is 9.74. The summed E-state index contributed by atoms with van der Waals surface area (Å²) in [6, 6.07) is 11.6. The average Bonchev–Trinajstić information content (AvgIpc) is 3.19. The van der Waals surface area contributed by atoms with E-state index in [0.717, 1.165) is 58.1 Å². The molecular formula is C23H40IN5O2S. The van der Waals surface area contributed by atoms with Crippen LogP contribution in [0.3, 0.4) is 0 Å². The molecule has 2 heterocycles. The van der Waals surface area contributed by atoms with Crippen molar-refractivity contribution in [2.24, 2.45) is 4.99 Å². The zero-order chi connectivity index (χ0) is 22.1. The van der Waals surface area contributed by atoms with Crippen molar-refractivity contribution in [2.75, 3.05) is 51.3 Å². The third-order valence-corrected chi connectivity index (χ3v) is 7.16. The average molecular weight is 578 g/mol. The summed E-state index contributed by atoms with van der Waals surface area (Å²) in [7, 11) is -2.89. The molecule has 0 aliphatic carbocycles. The van der Waals surface area contributed by atoms with E-state index in [9.17, 15) is 8.42 Å². The van der Waals surface area contributed by atoms with Crippen LogP contribution < -0.4 is 10.6 Å². The maximum Gasteiger partial charge on any atom is 0.191 e. The van der Waals surface area contributed by atoms with E-state index < -0.39 is 9.84 Å². The molecule has 3 rings (SSSR count). The predicted molar refractivity (Wildman–Crippen MR) is 144 cm³/mol. The van der Waals surface area contributed by atoms with E-state index in [0.29, 0.717) is 18.6 Å². The number of halogens is 1. The summed E-state index contributed by atoms with van der Waals surface area (Å²) in [5.74, 6) is 1.15. The molecule has 0 spiro atoms. The lowest BCUT2D eigenvalue weighted by atomic mass is 10.1. The van der Waals surface area contributed by atoms with Gasteiger partial charge in [0.2, 0.25) is 0 Å². The van der Waals surface area contributed by atoms with Crippen molar-refractivity contribution >= 4 is 39.8 Å². The Morgan fingerprint density at radius 3 is 2.50 bits per heavy atom. The molecule has 9 heteroatoms. The third-order valence-electron chi connectivity index (χ3n) is 6.24.